The van der Waals surface area contributed by atoms with Crippen LogP contribution in [0.25, 0.3) is 0 Å². The van der Waals surface area contributed by atoms with Gasteiger partial charge in [-0.3, -0.25) is 9.69 Å². The van der Waals surface area contributed by atoms with Gasteiger partial charge < -0.3 is 16.0 Å². The van der Waals surface area contributed by atoms with Gasteiger partial charge in [-0.05, 0) is 44.2 Å². The summed E-state index contributed by atoms with van der Waals surface area (Å²) >= 11 is 0. The minimum Gasteiger partial charge on any atom is -0.356 e. The Labute approximate surface area is 194 Å². The van der Waals surface area contributed by atoms with Gasteiger partial charge in [0.25, 0.3) is 0 Å². The predicted octanol–water partition coefficient (Wildman–Crippen LogP) is 3.09. The van der Waals surface area contributed by atoms with Crippen LogP contribution in [0.3, 0.4) is 0 Å². The SMILES string of the molecule is Cl.Cl.Cl.NC1CCC(C(=O)NCCCCN2CCN(Cc3ccccc3)CC2)C1. The van der Waals surface area contributed by atoms with Crippen molar-refractivity contribution in [3.8, 4) is 0 Å². The predicted molar refractivity (Wildman–Crippen MR) is 127 cm³/mol. The van der Waals surface area contributed by atoms with E-state index in [0.717, 1.165) is 77.9 Å². The number of carbonyl (C=O) groups excluding carboxylic acids is 1. The summed E-state index contributed by atoms with van der Waals surface area (Å²) in [5.74, 6) is 0.371. The molecular formula is C21H37Cl3N4O. The number of nitrogens with zero attached hydrogens (tertiary/aromatic N) is 2. The van der Waals surface area contributed by atoms with Crippen LogP contribution in [0.5, 0.6) is 0 Å². The van der Waals surface area contributed by atoms with Crippen molar-refractivity contribution in [2.75, 3.05) is 39.3 Å². The smallest absolute Gasteiger partial charge is 0.223 e. The van der Waals surface area contributed by atoms with Crippen LogP contribution in [0.1, 0.15) is 37.7 Å². The van der Waals surface area contributed by atoms with E-state index in [4.69, 9.17) is 5.73 Å². The topological polar surface area (TPSA) is 61.6 Å². The molecule has 29 heavy (non-hydrogen) atoms. The third-order valence-electron chi connectivity index (χ3n) is 5.76. The number of benzene rings is 1. The second kappa shape index (κ2) is 15.3. The molecule has 1 aliphatic carbocycles. The summed E-state index contributed by atoms with van der Waals surface area (Å²) in [6, 6.07) is 11.0. The van der Waals surface area contributed by atoms with Crippen LogP contribution < -0.4 is 11.1 Å². The molecule has 2 aliphatic rings. The van der Waals surface area contributed by atoms with E-state index < -0.39 is 0 Å². The van der Waals surface area contributed by atoms with Gasteiger partial charge in [-0.1, -0.05) is 30.3 Å². The van der Waals surface area contributed by atoms with E-state index in [1.807, 2.05) is 0 Å². The van der Waals surface area contributed by atoms with Crippen LogP contribution in [0.4, 0.5) is 0 Å². The summed E-state index contributed by atoms with van der Waals surface area (Å²) in [5.41, 5.74) is 7.29. The van der Waals surface area contributed by atoms with Gasteiger partial charge in [0.1, 0.15) is 0 Å². The van der Waals surface area contributed by atoms with Crippen LogP contribution in [0.15, 0.2) is 30.3 Å². The lowest BCUT2D eigenvalue weighted by atomic mass is 10.1. The van der Waals surface area contributed by atoms with Crippen molar-refractivity contribution in [1.29, 1.82) is 0 Å². The molecular weight excluding hydrogens is 431 g/mol. The summed E-state index contributed by atoms with van der Waals surface area (Å²) in [6.07, 6.45) is 5.03. The van der Waals surface area contributed by atoms with Gasteiger partial charge in [0, 0.05) is 51.2 Å². The number of nitrogens with two attached hydrogens (primary N) is 1. The maximum atomic E-state index is 12.1. The van der Waals surface area contributed by atoms with E-state index in [-0.39, 0.29) is 55.1 Å². The lowest BCUT2D eigenvalue weighted by Crippen LogP contribution is -2.46. The van der Waals surface area contributed by atoms with E-state index in [1.54, 1.807) is 0 Å². The highest BCUT2D eigenvalue weighted by atomic mass is 35.5. The van der Waals surface area contributed by atoms with Gasteiger partial charge in [-0.2, -0.15) is 0 Å². The van der Waals surface area contributed by atoms with Crippen molar-refractivity contribution < 1.29 is 4.79 Å². The van der Waals surface area contributed by atoms with E-state index >= 15 is 0 Å². The van der Waals surface area contributed by atoms with Crippen LogP contribution in [0.2, 0.25) is 0 Å². The molecule has 1 aromatic rings. The molecule has 1 aromatic carbocycles. The number of piperazine rings is 1. The molecule has 0 spiro atoms. The molecule has 2 unspecified atom stereocenters. The van der Waals surface area contributed by atoms with Crippen molar-refractivity contribution in [2.24, 2.45) is 11.7 Å². The summed E-state index contributed by atoms with van der Waals surface area (Å²) in [6.45, 7) is 7.60. The molecule has 3 N–H and O–H groups in total. The third kappa shape index (κ3) is 9.86. The van der Waals surface area contributed by atoms with Gasteiger partial charge in [0.15, 0.2) is 0 Å². The number of hydrogen-bond donors (Lipinski definition) is 2. The van der Waals surface area contributed by atoms with Crippen molar-refractivity contribution >= 4 is 43.1 Å². The molecule has 8 heteroatoms. The van der Waals surface area contributed by atoms with Crippen LogP contribution in [-0.4, -0.2) is 61.0 Å². The first kappa shape index (κ1) is 28.4. The Morgan fingerprint density at radius 1 is 0.966 bits per heavy atom. The van der Waals surface area contributed by atoms with Crippen LogP contribution >= 0.6 is 37.2 Å². The fourth-order valence-electron chi connectivity index (χ4n) is 4.08. The molecule has 1 amide bonds. The van der Waals surface area contributed by atoms with Gasteiger partial charge >= 0.3 is 0 Å². The van der Waals surface area contributed by atoms with Crippen molar-refractivity contribution in [1.82, 2.24) is 15.1 Å². The highest BCUT2D eigenvalue weighted by molar-refractivity contribution is 5.86. The van der Waals surface area contributed by atoms with Gasteiger partial charge in [-0.25, -0.2) is 0 Å². The highest BCUT2D eigenvalue weighted by Crippen LogP contribution is 2.23. The molecule has 1 saturated carbocycles. The maximum absolute atomic E-state index is 12.1. The molecule has 1 saturated heterocycles. The Hall–Kier alpha value is -0.560. The minimum atomic E-state index is 0. The van der Waals surface area contributed by atoms with Gasteiger partial charge in [0.05, 0.1) is 0 Å². The zero-order chi connectivity index (χ0) is 18.2. The number of halogens is 3. The lowest BCUT2D eigenvalue weighted by Gasteiger charge is -2.34. The number of rotatable bonds is 8. The Morgan fingerprint density at radius 3 is 2.24 bits per heavy atom. The van der Waals surface area contributed by atoms with E-state index in [1.165, 1.54) is 5.56 Å². The number of hydrogen-bond acceptors (Lipinski definition) is 4. The summed E-state index contributed by atoms with van der Waals surface area (Å²) < 4.78 is 0. The molecule has 1 aliphatic heterocycles. The standard InChI is InChI=1S/C21H34N4O.3ClH/c22-20-9-8-19(16-20)21(26)23-10-4-5-11-24-12-14-25(15-13-24)17-18-6-2-1-3-7-18;;;/h1-3,6-7,19-20H,4-5,8-17,22H2,(H,23,26);3*1H. The average Bonchev–Trinajstić information content (AvgIpc) is 3.10. The number of carbonyl (C=O) groups is 1. The van der Waals surface area contributed by atoms with Gasteiger partial charge in [0.2, 0.25) is 5.91 Å². The number of unbranched alkanes of at least 4 members (excludes halogenated alkanes) is 1. The Morgan fingerprint density at radius 2 is 1.62 bits per heavy atom. The van der Waals surface area contributed by atoms with Crippen molar-refractivity contribution in [2.45, 2.75) is 44.7 Å². The maximum Gasteiger partial charge on any atom is 0.223 e. The Balaban J connectivity index is 0.00000261. The van der Waals surface area contributed by atoms with Crippen molar-refractivity contribution in [3.05, 3.63) is 35.9 Å². The fourth-order valence-corrected chi connectivity index (χ4v) is 4.08. The average molecular weight is 468 g/mol. The Kier molecular flexibility index (Phi) is 15.0. The molecule has 2 atom stereocenters. The number of amides is 1. The largest absolute Gasteiger partial charge is 0.356 e. The molecule has 0 aromatic heterocycles. The molecule has 0 radical (unpaired) electrons. The Bertz CT molecular complexity index is 556. The second-order valence-corrected chi connectivity index (χ2v) is 7.87. The molecule has 168 valence electrons. The summed E-state index contributed by atoms with van der Waals surface area (Å²) in [5, 5.41) is 3.10. The van der Waals surface area contributed by atoms with E-state index in [0.29, 0.717) is 0 Å². The zero-order valence-electron chi connectivity index (χ0n) is 17.1. The molecule has 2 fully saturated rings. The third-order valence-corrected chi connectivity index (χ3v) is 5.76. The first-order valence-electron chi connectivity index (χ1n) is 10.2. The quantitative estimate of drug-likeness (QED) is 0.577. The normalized spacial score (nSPS) is 22.1. The minimum absolute atomic E-state index is 0. The molecule has 0 bridgehead atoms. The van der Waals surface area contributed by atoms with Gasteiger partial charge in [-0.15, -0.1) is 37.2 Å². The molecule has 1 heterocycles. The van der Waals surface area contributed by atoms with E-state index in [2.05, 4.69) is 45.4 Å². The number of nitrogens with one attached hydrogen (secondary N) is 1. The highest BCUT2D eigenvalue weighted by Gasteiger charge is 2.27. The lowest BCUT2D eigenvalue weighted by molar-refractivity contribution is -0.124. The molecule has 3 rings (SSSR count). The molecule has 5 nitrogen and oxygen atoms in total. The fraction of sp³-hybridized carbons (Fsp3) is 0.667. The summed E-state index contributed by atoms with van der Waals surface area (Å²) in [7, 11) is 0. The monoisotopic (exact) mass is 466 g/mol. The first-order chi connectivity index (χ1) is 12.7. The zero-order valence-corrected chi connectivity index (χ0v) is 19.6. The van der Waals surface area contributed by atoms with Crippen LogP contribution in [0, 0.1) is 5.92 Å². The summed E-state index contributed by atoms with van der Waals surface area (Å²) in [4.78, 5) is 17.2. The second-order valence-electron chi connectivity index (χ2n) is 7.87. The van der Waals surface area contributed by atoms with Crippen molar-refractivity contribution in [3.63, 3.8) is 0 Å². The van der Waals surface area contributed by atoms with Crippen LogP contribution in [-0.2, 0) is 11.3 Å². The van der Waals surface area contributed by atoms with E-state index in [9.17, 15) is 4.79 Å². The first-order valence-corrected chi connectivity index (χ1v) is 10.2.